The van der Waals surface area contributed by atoms with Gasteiger partial charge < -0.3 is 0 Å². The highest BCUT2D eigenvalue weighted by atomic mass is 35.5. The normalized spacial score (nSPS) is 10.3. The average Bonchev–Trinajstić information content (AvgIpc) is 1.82. The van der Waals surface area contributed by atoms with Crippen LogP contribution in [0.1, 0.15) is 0 Å². The van der Waals surface area contributed by atoms with Crippen LogP contribution in [0.15, 0.2) is 12.1 Å². The molecule has 0 N–H and O–H groups in total. The minimum Gasteiger partial charge on any atom is -0.0902 e. The van der Waals surface area contributed by atoms with Gasteiger partial charge in [-0.15, -0.1) is 0 Å². The fourth-order valence-electron chi connectivity index (χ4n) is 0.614. The van der Waals surface area contributed by atoms with E-state index in [1.165, 1.54) is 0 Å². The lowest BCUT2D eigenvalue weighted by atomic mass is 10.6. The second-order valence-corrected chi connectivity index (χ2v) is 9.21. The van der Waals surface area contributed by atoms with Crippen molar-refractivity contribution in [2.75, 3.05) is 0 Å². The van der Waals surface area contributed by atoms with Crippen LogP contribution in [-0.4, -0.2) is 17.7 Å². The molecule has 0 bridgehead atoms. The van der Waals surface area contributed by atoms with E-state index in [1.54, 1.807) is 12.1 Å². The van der Waals surface area contributed by atoms with Crippen LogP contribution < -0.4 is 0 Å². The maximum atomic E-state index is 5.87. The summed E-state index contributed by atoms with van der Waals surface area (Å²) in [6, 6.07) is 3.58. The fraction of sp³-hybridized carbons (Fsp3) is 0. The molecule has 10 heavy (non-hydrogen) atoms. The van der Waals surface area contributed by atoms with Gasteiger partial charge in [0.15, 0.2) is 0 Å². The molecule has 5 heteroatoms. The Balaban J connectivity index is 3.31. The van der Waals surface area contributed by atoms with Gasteiger partial charge in [0.2, 0.25) is 0 Å². The van der Waals surface area contributed by atoms with Crippen LogP contribution in [0, 0.1) is 0 Å². The van der Waals surface area contributed by atoms with Gasteiger partial charge in [-0.25, -0.2) is 0 Å². The van der Waals surface area contributed by atoms with Gasteiger partial charge in [-0.3, -0.25) is 0 Å². The van der Waals surface area contributed by atoms with Crippen LogP contribution in [0.3, 0.4) is 0 Å². The van der Waals surface area contributed by atoms with Crippen molar-refractivity contribution < 1.29 is 0 Å². The molecule has 0 aliphatic rings. The quantitative estimate of drug-likeness (QED) is 0.593. The van der Waals surface area contributed by atoms with E-state index >= 15 is 0 Å². The predicted octanol–water partition coefficient (Wildman–Crippen LogP) is 1.80. The van der Waals surface area contributed by atoms with Gasteiger partial charge in [-0.05, 0) is 12.1 Å². The topological polar surface area (TPSA) is 0 Å². The molecule has 1 rings (SSSR count). The summed E-state index contributed by atoms with van der Waals surface area (Å²) in [5.41, 5.74) is 0. The standard InChI is InChI=1S/C5H5Cl3Si2/c6-3-1-4(7)10(9)5(8)2-3/h1-2H,9H3. The molecular weight excluding hydrogens is 223 g/mol. The maximum absolute atomic E-state index is 5.87. The van der Waals surface area contributed by atoms with E-state index in [1.807, 2.05) is 0 Å². The van der Waals surface area contributed by atoms with Gasteiger partial charge in [0, 0.05) is 24.0 Å². The molecule has 0 nitrogen and oxygen atoms in total. The van der Waals surface area contributed by atoms with Crippen molar-refractivity contribution >= 4 is 52.5 Å². The third-order valence-electron chi connectivity index (χ3n) is 1.25. The van der Waals surface area contributed by atoms with E-state index in [9.17, 15) is 0 Å². The molecule has 0 unspecified atom stereocenters. The predicted molar refractivity (Wildman–Crippen MR) is 52.8 cm³/mol. The lowest BCUT2D eigenvalue weighted by Crippen LogP contribution is -1.98. The van der Waals surface area contributed by atoms with Crippen molar-refractivity contribution in [1.29, 1.82) is 0 Å². The zero-order valence-electron chi connectivity index (χ0n) is 5.29. The van der Waals surface area contributed by atoms with Crippen LogP contribution in [0.4, 0.5) is 0 Å². The van der Waals surface area contributed by atoms with Crippen LogP contribution >= 0.6 is 34.8 Å². The third-order valence-corrected chi connectivity index (χ3v) is 10.2. The van der Waals surface area contributed by atoms with Gasteiger partial charge >= 0.3 is 0 Å². The van der Waals surface area contributed by atoms with Crippen molar-refractivity contribution in [2.45, 2.75) is 0 Å². The Kier molecular flexibility index (Phi) is 2.95. The molecule has 0 aromatic carbocycles. The van der Waals surface area contributed by atoms with E-state index in [2.05, 4.69) is 0 Å². The average molecular weight is 228 g/mol. The Morgan fingerprint density at radius 1 is 1.10 bits per heavy atom. The molecule has 1 aromatic heterocycles. The smallest absolute Gasteiger partial charge is 0.0621 e. The second kappa shape index (κ2) is 3.37. The molecule has 0 atom stereocenters. The molecule has 54 valence electrons. The summed E-state index contributed by atoms with van der Waals surface area (Å²) in [4.78, 5) is 0. The third kappa shape index (κ3) is 1.83. The SMILES string of the molecule is [SiH3][si]1c(Cl)cc(Cl)cc1Cl. The van der Waals surface area contributed by atoms with E-state index in [-0.39, 0.29) is 0 Å². The van der Waals surface area contributed by atoms with Crippen molar-refractivity contribution in [3.05, 3.63) is 26.4 Å². The Bertz CT molecular complexity index is 238. The molecule has 0 saturated carbocycles. The number of hydrogen-bond donors (Lipinski definition) is 0. The zero-order chi connectivity index (χ0) is 7.72. The van der Waals surface area contributed by atoms with Crippen LogP contribution in [0.5, 0.6) is 0 Å². The van der Waals surface area contributed by atoms with Crippen molar-refractivity contribution in [1.82, 2.24) is 0 Å². The highest BCUT2D eigenvalue weighted by molar-refractivity contribution is 7.06. The van der Waals surface area contributed by atoms with Crippen LogP contribution in [0.25, 0.3) is 0 Å². The highest BCUT2D eigenvalue weighted by Gasteiger charge is 2.01. The first kappa shape index (κ1) is 8.75. The molecule has 0 saturated heterocycles. The molecule has 1 heterocycles. The summed E-state index contributed by atoms with van der Waals surface area (Å²) < 4.78 is 1.71. The Labute approximate surface area is 78.8 Å². The summed E-state index contributed by atoms with van der Waals surface area (Å²) in [6.07, 6.45) is 0. The van der Waals surface area contributed by atoms with E-state index < -0.39 is 7.91 Å². The Hall–Kier alpha value is 0.654. The number of rotatable bonds is 0. The van der Waals surface area contributed by atoms with Crippen LogP contribution in [-0.2, 0) is 0 Å². The van der Waals surface area contributed by atoms with Crippen molar-refractivity contribution in [3.63, 3.8) is 0 Å². The lowest BCUT2D eigenvalue weighted by molar-refractivity contribution is 1.84. The van der Waals surface area contributed by atoms with E-state index in [0.717, 1.165) is 19.0 Å². The Morgan fingerprint density at radius 2 is 1.50 bits per heavy atom. The molecule has 0 aliphatic heterocycles. The van der Waals surface area contributed by atoms with Gasteiger partial charge in [0.05, 0.1) is 7.91 Å². The molecule has 0 amide bonds. The molecule has 0 aliphatic carbocycles. The monoisotopic (exact) mass is 226 g/mol. The molecule has 0 radical (unpaired) electrons. The van der Waals surface area contributed by atoms with Crippen molar-refractivity contribution in [2.24, 2.45) is 0 Å². The van der Waals surface area contributed by atoms with Crippen molar-refractivity contribution in [3.8, 4) is 0 Å². The zero-order valence-corrected chi connectivity index (χ0v) is 10.6. The molecule has 1 aromatic rings. The molecule has 0 fully saturated rings. The summed E-state index contributed by atoms with van der Waals surface area (Å²) in [5.74, 6) is 0. The number of hydrogen-bond acceptors (Lipinski definition) is 0. The largest absolute Gasteiger partial charge is 0.0902 e. The minimum atomic E-state index is -0.694. The first-order valence-electron chi connectivity index (χ1n) is 2.72. The van der Waals surface area contributed by atoms with E-state index in [0.29, 0.717) is 5.02 Å². The first-order chi connectivity index (χ1) is 4.61. The highest BCUT2D eigenvalue weighted by Crippen LogP contribution is 2.20. The second-order valence-electron chi connectivity index (χ2n) is 1.99. The minimum absolute atomic E-state index is 0.639. The Morgan fingerprint density at radius 3 is 1.90 bits per heavy atom. The molecule has 0 spiro atoms. The summed E-state index contributed by atoms with van der Waals surface area (Å²) in [5, 5.41) is 0.639. The lowest BCUT2D eigenvalue weighted by Gasteiger charge is -1.99. The fourth-order valence-corrected chi connectivity index (χ4v) is 3.96. The first-order valence-corrected chi connectivity index (χ1v) is 8.86. The number of halogens is 3. The van der Waals surface area contributed by atoms with Gasteiger partial charge in [0.25, 0.3) is 0 Å². The molecular formula is C5H5Cl3Si2. The summed E-state index contributed by atoms with van der Waals surface area (Å²) >= 11 is 17.4. The summed E-state index contributed by atoms with van der Waals surface area (Å²) in [6.45, 7) is 0. The summed E-state index contributed by atoms with van der Waals surface area (Å²) in [7, 11) is 0.345. The van der Waals surface area contributed by atoms with E-state index in [4.69, 9.17) is 34.8 Å². The van der Waals surface area contributed by atoms with Crippen LogP contribution in [0.2, 0.25) is 14.3 Å². The van der Waals surface area contributed by atoms with Gasteiger partial charge in [-0.1, -0.05) is 34.8 Å². The van der Waals surface area contributed by atoms with Gasteiger partial charge in [-0.2, -0.15) is 0 Å². The maximum Gasteiger partial charge on any atom is 0.0621 e. The van der Waals surface area contributed by atoms with Gasteiger partial charge in [0.1, 0.15) is 0 Å².